The molecule has 37 heavy (non-hydrogen) atoms. The minimum absolute atomic E-state index is 0. The summed E-state index contributed by atoms with van der Waals surface area (Å²) in [6.45, 7) is 10.3. The molecular formula is C25H33Cl2N5O4S. The molecule has 9 nitrogen and oxygen atoms in total. The average Bonchev–Trinajstić information content (AvgIpc) is 3.26. The van der Waals surface area contributed by atoms with Crippen molar-refractivity contribution in [2.45, 2.75) is 32.8 Å². The summed E-state index contributed by atoms with van der Waals surface area (Å²) in [7, 11) is 0. The summed E-state index contributed by atoms with van der Waals surface area (Å²) in [5.74, 6) is -0.385. The van der Waals surface area contributed by atoms with Crippen LogP contribution in [0.5, 0.6) is 0 Å². The highest BCUT2D eigenvalue weighted by molar-refractivity contribution is 7.22. The molecule has 1 saturated heterocycles. The number of thiophene rings is 1. The summed E-state index contributed by atoms with van der Waals surface area (Å²) in [5, 5.41) is 13.5. The van der Waals surface area contributed by atoms with Crippen LogP contribution in [-0.4, -0.2) is 81.8 Å². The van der Waals surface area contributed by atoms with Crippen molar-refractivity contribution in [2.24, 2.45) is 0 Å². The number of fused-ring (bicyclic) bond motifs is 1. The first kappa shape index (κ1) is 30.6. The number of benzene rings is 1. The van der Waals surface area contributed by atoms with Gasteiger partial charge in [-0.3, -0.25) is 4.90 Å². The van der Waals surface area contributed by atoms with Crippen molar-refractivity contribution in [3.05, 3.63) is 42.1 Å². The Labute approximate surface area is 233 Å². The first-order valence-electron chi connectivity index (χ1n) is 11.7. The van der Waals surface area contributed by atoms with E-state index in [9.17, 15) is 14.7 Å². The fourth-order valence-corrected chi connectivity index (χ4v) is 5.00. The van der Waals surface area contributed by atoms with Gasteiger partial charge in [0.15, 0.2) is 0 Å². The number of piperazine rings is 1. The monoisotopic (exact) mass is 569 g/mol. The van der Waals surface area contributed by atoms with Crippen molar-refractivity contribution < 1.29 is 19.4 Å². The highest BCUT2D eigenvalue weighted by Crippen LogP contribution is 2.34. The summed E-state index contributed by atoms with van der Waals surface area (Å²) in [6, 6.07) is 9.01. The Balaban J connectivity index is 0.00000241. The highest BCUT2D eigenvalue weighted by atomic mass is 35.5. The Morgan fingerprint density at radius 3 is 2.54 bits per heavy atom. The molecule has 0 radical (unpaired) electrons. The van der Waals surface area contributed by atoms with Gasteiger partial charge in [0.2, 0.25) is 5.95 Å². The lowest BCUT2D eigenvalue weighted by Crippen LogP contribution is -2.50. The molecule has 0 unspecified atom stereocenters. The van der Waals surface area contributed by atoms with Crippen LogP contribution in [0.4, 0.5) is 10.7 Å². The molecule has 1 fully saturated rings. The Bertz CT molecular complexity index is 1210. The maximum Gasteiger partial charge on any atom is 0.410 e. The van der Waals surface area contributed by atoms with Crippen molar-refractivity contribution in [3.63, 3.8) is 0 Å². The molecule has 1 aliphatic heterocycles. The van der Waals surface area contributed by atoms with Gasteiger partial charge < -0.3 is 20.1 Å². The quantitative estimate of drug-likeness (QED) is 0.371. The van der Waals surface area contributed by atoms with Gasteiger partial charge in [0.25, 0.3) is 0 Å². The van der Waals surface area contributed by atoms with Crippen molar-refractivity contribution in [2.75, 3.05) is 44.6 Å². The molecule has 202 valence electrons. The second-order valence-corrected chi connectivity index (χ2v) is 10.6. The third-order valence-corrected chi connectivity index (χ3v) is 6.78. The van der Waals surface area contributed by atoms with E-state index in [0.717, 1.165) is 53.3 Å². The Kier molecular flexibility index (Phi) is 10.9. The number of rotatable bonds is 7. The molecule has 1 amide bonds. The molecule has 0 saturated carbocycles. The van der Waals surface area contributed by atoms with Gasteiger partial charge in [0, 0.05) is 49.0 Å². The predicted octanol–water partition coefficient (Wildman–Crippen LogP) is 5.25. The topological polar surface area (TPSA) is 108 Å². The molecular weight excluding hydrogens is 537 g/mol. The molecule has 0 spiro atoms. The zero-order valence-corrected chi connectivity index (χ0v) is 23.5. The smallest absolute Gasteiger partial charge is 0.410 e. The molecule has 2 aromatic heterocycles. The number of hydrogen-bond acceptors (Lipinski definition) is 8. The normalized spacial score (nSPS) is 14.0. The number of anilines is 1. The van der Waals surface area contributed by atoms with E-state index in [4.69, 9.17) is 4.74 Å². The Morgan fingerprint density at radius 1 is 1.14 bits per heavy atom. The molecule has 0 aliphatic carbocycles. The van der Waals surface area contributed by atoms with Gasteiger partial charge in [-0.15, -0.1) is 36.2 Å². The molecule has 0 bridgehead atoms. The molecule has 2 N–H and O–H groups in total. The zero-order valence-electron chi connectivity index (χ0n) is 21.1. The maximum absolute atomic E-state index is 12.2. The summed E-state index contributed by atoms with van der Waals surface area (Å²) in [5.41, 5.74) is 0.583. The van der Waals surface area contributed by atoms with E-state index in [1.54, 1.807) is 23.2 Å². The van der Waals surface area contributed by atoms with Gasteiger partial charge in [0.05, 0.1) is 16.1 Å². The van der Waals surface area contributed by atoms with Gasteiger partial charge in [0.1, 0.15) is 5.60 Å². The molecule has 1 aromatic carbocycles. The lowest BCUT2D eigenvalue weighted by molar-refractivity contribution is 0.0145. The number of carboxylic acids is 1. The average molecular weight is 571 g/mol. The number of carbonyl (C=O) groups is 2. The molecule has 3 aromatic rings. The molecule has 12 heteroatoms. The minimum atomic E-state index is -0.934. The summed E-state index contributed by atoms with van der Waals surface area (Å²) in [6.07, 6.45) is 2.39. The largest absolute Gasteiger partial charge is 0.478 e. The van der Waals surface area contributed by atoms with E-state index in [1.807, 2.05) is 39.0 Å². The number of aromatic carboxylic acids is 1. The van der Waals surface area contributed by atoms with Gasteiger partial charge in [-0.25, -0.2) is 19.6 Å². The summed E-state index contributed by atoms with van der Waals surface area (Å²) >= 11 is 1.52. The van der Waals surface area contributed by atoms with Crippen LogP contribution in [0.3, 0.4) is 0 Å². The minimum Gasteiger partial charge on any atom is -0.478 e. The van der Waals surface area contributed by atoms with E-state index in [2.05, 4.69) is 20.2 Å². The Morgan fingerprint density at radius 2 is 1.86 bits per heavy atom. The van der Waals surface area contributed by atoms with Crippen LogP contribution in [0.25, 0.3) is 20.7 Å². The van der Waals surface area contributed by atoms with Crippen molar-refractivity contribution in [3.8, 4) is 10.6 Å². The predicted molar refractivity (Wildman–Crippen MR) is 152 cm³/mol. The Hall–Kier alpha value is -2.66. The third kappa shape index (κ3) is 8.16. The number of carbonyl (C=O) groups excluding carboxylic acids is 1. The van der Waals surface area contributed by atoms with Crippen LogP contribution in [0.15, 0.2) is 36.5 Å². The second kappa shape index (κ2) is 13.2. The van der Waals surface area contributed by atoms with Crippen LogP contribution < -0.4 is 5.32 Å². The molecule has 3 heterocycles. The maximum atomic E-state index is 12.2. The number of ether oxygens (including phenoxy) is 1. The highest BCUT2D eigenvalue weighted by Gasteiger charge is 2.25. The molecule has 1 aliphatic rings. The summed E-state index contributed by atoms with van der Waals surface area (Å²) < 4.78 is 6.37. The fourth-order valence-electron chi connectivity index (χ4n) is 3.94. The van der Waals surface area contributed by atoms with Crippen LogP contribution in [0.2, 0.25) is 0 Å². The molecule has 0 atom stereocenters. The van der Waals surface area contributed by atoms with Gasteiger partial charge in [-0.05, 0) is 58.0 Å². The number of nitrogens with one attached hydrogen (secondary N) is 1. The van der Waals surface area contributed by atoms with E-state index >= 15 is 0 Å². The number of hydrogen-bond donors (Lipinski definition) is 2. The summed E-state index contributed by atoms with van der Waals surface area (Å²) in [4.78, 5) is 37.7. The lowest BCUT2D eigenvalue weighted by atomic mass is 10.1. The second-order valence-electron chi connectivity index (χ2n) is 9.49. The van der Waals surface area contributed by atoms with Crippen molar-refractivity contribution in [1.29, 1.82) is 0 Å². The number of amides is 1. The van der Waals surface area contributed by atoms with Crippen LogP contribution in [0.1, 0.15) is 37.6 Å². The first-order valence-corrected chi connectivity index (χ1v) is 12.5. The standard InChI is InChI=1S/C25H31N5O4S.2ClH/c1-25(2,3)34-24(33)30-14-12-29(13-15-30)11-5-9-26-23-27-10-8-19(28-23)21-16-18-17(22(31)32)6-4-7-20(18)35-21;;/h4,6-8,10,16H,5,9,11-15H2,1-3H3,(H,31,32)(H,26,27,28);2*1H. The van der Waals surface area contributed by atoms with Crippen LogP contribution in [0, 0.1) is 0 Å². The van der Waals surface area contributed by atoms with E-state index in [1.165, 1.54) is 11.3 Å². The van der Waals surface area contributed by atoms with Crippen LogP contribution in [-0.2, 0) is 4.74 Å². The lowest BCUT2D eigenvalue weighted by Gasteiger charge is -2.35. The van der Waals surface area contributed by atoms with Gasteiger partial charge in [-0.1, -0.05) is 6.07 Å². The van der Waals surface area contributed by atoms with Gasteiger partial charge >= 0.3 is 12.1 Å². The van der Waals surface area contributed by atoms with Crippen molar-refractivity contribution >= 4 is 64.2 Å². The zero-order chi connectivity index (χ0) is 25.0. The van der Waals surface area contributed by atoms with E-state index in [0.29, 0.717) is 24.6 Å². The SMILES string of the molecule is CC(C)(C)OC(=O)N1CCN(CCCNc2nccc(-c3cc4c(C(=O)O)cccc4s3)n2)CC1.Cl.Cl. The number of halogens is 2. The van der Waals surface area contributed by atoms with Crippen molar-refractivity contribution in [1.82, 2.24) is 19.8 Å². The number of carboxylic acid groups (broad SMARTS) is 1. The number of aromatic nitrogens is 2. The fraction of sp³-hybridized carbons (Fsp3) is 0.440. The van der Waals surface area contributed by atoms with E-state index in [-0.39, 0.29) is 30.9 Å². The van der Waals surface area contributed by atoms with Crippen LogP contribution >= 0.6 is 36.2 Å². The first-order chi connectivity index (χ1) is 16.7. The number of nitrogens with zero attached hydrogens (tertiary/aromatic N) is 4. The molecule has 4 rings (SSSR count). The van der Waals surface area contributed by atoms with E-state index < -0.39 is 11.6 Å². The third-order valence-electron chi connectivity index (χ3n) is 5.66. The van der Waals surface area contributed by atoms with Gasteiger partial charge in [-0.2, -0.15) is 0 Å².